The van der Waals surface area contributed by atoms with Gasteiger partial charge in [0.05, 0.1) is 18.2 Å². The number of cyclic esters (lactones) is 1. The van der Waals surface area contributed by atoms with Crippen molar-refractivity contribution in [3.63, 3.8) is 0 Å². The van der Waals surface area contributed by atoms with Crippen LogP contribution in [0.3, 0.4) is 0 Å². The molecular formula is C22H31N3O4. The molecule has 2 heterocycles. The molecule has 0 saturated carbocycles. The van der Waals surface area contributed by atoms with Gasteiger partial charge in [0.15, 0.2) is 6.29 Å². The molecule has 3 rings (SSSR count). The molecule has 0 bridgehead atoms. The van der Waals surface area contributed by atoms with Crippen LogP contribution in [0.2, 0.25) is 0 Å². The summed E-state index contributed by atoms with van der Waals surface area (Å²) in [6.45, 7) is 8.70. The maximum absolute atomic E-state index is 13.0. The van der Waals surface area contributed by atoms with Gasteiger partial charge in [-0.25, -0.2) is 4.79 Å². The lowest BCUT2D eigenvalue weighted by Gasteiger charge is -2.33. The Kier molecular flexibility index (Phi) is 5.98. The van der Waals surface area contributed by atoms with Gasteiger partial charge in [-0.2, -0.15) is 5.01 Å². The topological polar surface area (TPSA) is 87.5 Å². The molecule has 0 radical (unpaired) electrons. The monoisotopic (exact) mass is 401 g/mol. The first-order valence-electron chi connectivity index (χ1n) is 10.4. The summed E-state index contributed by atoms with van der Waals surface area (Å²) in [5, 5.41) is 4.88. The number of hydrogen-bond donors (Lipinski definition) is 2. The van der Waals surface area contributed by atoms with Crippen molar-refractivity contribution >= 4 is 18.3 Å². The molecule has 1 spiro atoms. The maximum Gasteiger partial charge on any atom is 0.408 e. The molecule has 0 aromatic heterocycles. The van der Waals surface area contributed by atoms with Crippen LogP contribution in [0, 0.1) is 11.3 Å². The summed E-state index contributed by atoms with van der Waals surface area (Å²) in [5.41, 5.74) is 2.66. The van der Waals surface area contributed by atoms with E-state index in [1.165, 1.54) is 0 Å². The number of carbonyl (C=O) groups excluding carboxylic acids is 3. The normalized spacial score (nSPS) is 30.1. The number of hydrazine groups is 1. The van der Waals surface area contributed by atoms with Crippen LogP contribution in [-0.2, 0) is 4.74 Å². The first-order valence-corrected chi connectivity index (χ1v) is 10.4. The van der Waals surface area contributed by atoms with E-state index in [-0.39, 0.29) is 23.3 Å². The highest BCUT2D eigenvalue weighted by atomic mass is 16.6. The number of nitrogens with zero attached hydrogens (tertiary/aromatic N) is 1. The Hall–Kier alpha value is -2.41. The van der Waals surface area contributed by atoms with Gasteiger partial charge >= 0.3 is 6.09 Å². The Balaban J connectivity index is 1.89. The SMILES string of the molecule is CCCCCC1[N@@](NC(=O)c2ccccc2C=O)[C@@]12NC(=O)OCC(C)(C)C2C. The Morgan fingerprint density at radius 2 is 2.07 bits per heavy atom. The van der Waals surface area contributed by atoms with Gasteiger partial charge in [-0.3, -0.25) is 20.3 Å². The number of aldehydes is 1. The van der Waals surface area contributed by atoms with Gasteiger partial charge in [-0.15, -0.1) is 0 Å². The number of hydrogen-bond acceptors (Lipinski definition) is 5. The number of amides is 2. The smallest absolute Gasteiger partial charge is 0.408 e. The van der Waals surface area contributed by atoms with Crippen LogP contribution in [0.15, 0.2) is 24.3 Å². The minimum Gasteiger partial charge on any atom is -0.449 e. The molecule has 2 aliphatic heterocycles. The van der Waals surface area contributed by atoms with E-state index in [4.69, 9.17) is 4.74 Å². The predicted molar refractivity (Wildman–Crippen MR) is 109 cm³/mol. The molecule has 7 heteroatoms. The summed E-state index contributed by atoms with van der Waals surface area (Å²) < 4.78 is 5.38. The number of unbranched alkanes of at least 4 members (excludes halogenated alkanes) is 2. The fourth-order valence-electron chi connectivity index (χ4n) is 4.37. The minimum absolute atomic E-state index is 0.0266. The van der Waals surface area contributed by atoms with Crippen molar-refractivity contribution in [2.75, 3.05) is 6.61 Å². The highest BCUT2D eigenvalue weighted by molar-refractivity contribution is 6.01. The fraction of sp³-hybridized carbons (Fsp3) is 0.591. The average Bonchev–Trinajstić information content (AvgIpc) is 3.32. The molecule has 2 aliphatic rings. The third-order valence-electron chi connectivity index (χ3n) is 6.50. The average molecular weight is 402 g/mol. The van der Waals surface area contributed by atoms with Crippen molar-refractivity contribution in [3.05, 3.63) is 35.4 Å². The van der Waals surface area contributed by atoms with E-state index < -0.39 is 11.8 Å². The summed E-state index contributed by atoms with van der Waals surface area (Å²) in [5.74, 6) is -0.316. The Morgan fingerprint density at radius 1 is 1.34 bits per heavy atom. The maximum atomic E-state index is 13.0. The predicted octanol–water partition coefficient (Wildman–Crippen LogP) is 3.51. The standard InChI is InChI=1S/C22H31N3O4/c1-5-6-7-12-18-22(15(2)21(3,4)14-29-20(28)23-22)25(18)24-19(27)17-11-9-8-10-16(17)13-26/h8-11,13,15,18H,5-7,12,14H2,1-4H3,(H,23,28)(H,24,27)/t15?,18?,22-,25-/m1/s1. The lowest BCUT2D eigenvalue weighted by molar-refractivity contribution is 0.0720. The Bertz CT molecular complexity index is 794. The number of rotatable bonds is 7. The van der Waals surface area contributed by atoms with Gasteiger partial charge in [0.1, 0.15) is 5.66 Å². The second kappa shape index (κ2) is 8.14. The van der Waals surface area contributed by atoms with E-state index in [0.29, 0.717) is 24.0 Å². The van der Waals surface area contributed by atoms with Crippen molar-refractivity contribution in [2.45, 2.75) is 65.1 Å². The minimum atomic E-state index is -0.698. The lowest BCUT2D eigenvalue weighted by Crippen LogP contribution is -2.51. The van der Waals surface area contributed by atoms with Crippen LogP contribution in [-0.4, -0.2) is 41.6 Å². The molecule has 2 N–H and O–H groups in total. The highest BCUT2D eigenvalue weighted by Crippen LogP contribution is 2.52. The van der Waals surface area contributed by atoms with E-state index in [9.17, 15) is 14.4 Å². The summed E-state index contributed by atoms with van der Waals surface area (Å²) in [6, 6.07) is 6.67. The molecule has 4 atom stereocenters. The van der Waals surface area contributed by atoms with Crippen LogP contribution < -0.4 is 10.7 Å². The molecular weight excluding hydrogens is 370 g/mol. The van der Waals surface area contributed by atoms with Crippen LogP contribution in [0.25, 0.3) is 0 Å². The molecule has 2 fully saturated rings. The summed E-state index contributed by atoms with van der Waals surface area (Å²) in [6.07, 6.45) is 4.25. The molecule has 158 valence electrons. The molecule has 2 unspecified atom stereocenters. The molecule has 0 aliphatic carbocycles. The Morgan fingerprint density at radius 3 is 2.76 bits per heavy atom. The second-order valence-electron chi connectivity index (χ2n) is 8.76. The molecule has 2 saturated heterocycles. The summed E-state index contributed by atoms with van der Waals surface area (Å²) >= 11 is 0. The van der Waals surface area contributed by atoms with Gasteiger partial charge in [0.2, 0.25) is 0 Å². The van der Waals surface area contributed by atoms with Crippen molar-refractivity contribution in [2.24, 2.45) is 11.3 Å². The summed E-state index contributed by atoms with van der Waals surface area (Å²) in [7, 11) is 0. The van der Waals surface area contributed by atoms with Gasteiger partial charge < -0.3 is 4.74 Å². The zero-order chi connectivity index (χ0) is 21.2. The van der Waals surface area contributed by atoms with Gasteiger partial charge in [0, 0.05) is 16.9 Å². The number of ether oxygens (including phenoxy) is 1. The van der Waals surface area contributed by atoms with Crippen LogP contribution >= 0.6 is 0 Å². The van der Waals surface area contributed by atoms with E-state index in [0.717, 1.165) is 25.7 Å². The van der Waals surface area contributed by atoms with E-state index in [1.54, 1.807) is 24.3 Å². The van der Waals surface area contributed by atoms with Gasteiger partial charge in [-0.05, 0) is 12.5 Å². The van der Waals surface area contributed by atoms with Crippen molar-refractivity contribution in [1.82, 2.24) is 15.8 Å². The number of alkyl carbamates (subject to hydrolysis) is 1. The third kappa shape index (κ3) is 3.88. The molecule has 7 nitrogen and oxygen atoms in total. The van der Waals surface area contributed by atoms with Crippen molar-refractivity contribution in [1.29, 1.82) is 0 Å². The lowest BCUT2D eigenvalue weighted by atomic mass is 9.75. The summed E-state index contributed by atoms with van der Waals surface area (Å²) in [4.78, 5) is 36.6. The molecule has 29 heavy (non-hydrogen) atoms. The van der Waals surface area contributed by atoms with Crippen LogP contribution in [0.4, 0.5) is 4.79 Å². The van der Waals surface area contributed by atoms with Crippen molar-refractivity contribution in [3.8, 4) is 0 Å². The van der Waals surface area contributed by atoms with E-state index in [1.807, 2.05) is 5.01 Å². The zero-order valence-corrected chi connectivity index (χ0v) is 17.7. The Labute approximate surface area is 172 Å². The second-order valence-corrected chi connectivity index (χ2v) is 8.76. The first-order chi connectivity index (χ1) is 13.8. The van der Waals surface area contributed by atoms with Crippen LogP contribution in [0.1, 0.15) is 74.1 Å². The molecule has 1 aromatic carbocycles. The van der Waals surface area contributed by atoms with E-state index >= 15 is 0 Å². The van der Waals surface area contributed by atoms with Gasteiger partial charge in [-0.1, -0.05) is 65.2 Å². The van der Waals surface area contributed by atoms with E-state index in [2.05, 4.69) is 38.4 Å². The largest absolute Gasteiger partial charge is 0.449 e. The zero-order valence-electron chi connectivity index (χ0n) is 17.7. The van der Waals surface area contributed by atoms with Gasteiger partial charge in [0.25, 0.3) is 5.91 Å². The number of benzene rings is 1. The first kappa shape index (κ1) is 21.3. The molecule has 2 amide bonds. The third-order valence-corrected chi connectivity index (χ3v) is 6.50. The number of nitrogens with one attached hydrogen (secondary N) is 2. The van der Waals surface area contributed by atoms with Crippen LogP contribution in [0.5, 0.6) is 0 Å². The van der Waals surface area contributed by atoms with Crippen molar-refractivity contribution < 1.29 is 19.1 Å². The fourth-order valence-corrected chi connectivity index (χ4v) is 4.37. The highest BCUT2D eigenvalue weighted by Gasteiger charge is 2.70. The number of carbonyl (C=O) groups is 3. The molecule has 1 aromatic rings. The quantitative estimate of drug-likeness (QED) is 0.415.